The molecule has 3 rings (SSSR count). The van der Waals surface area contributed by atoms with E-state index >= 15 is 0 Å². The molecular formula is C25H37N3O5SSi. The number of ether oxygens (including phenoxy) is 2. The average Bonchev–Trinajstić information content (AvgIpc) is 3.20. The number of hydrogen-bond donors (Lipinski definition) is 1. The zero-order valence-corrected chi connectivity index (χ0v) is 23.3. The van der Waals surface area contributed by atoms with Crippen molar-refractivity contribution in [3.63, 3.8) is 0 Å². The number of carbonyl (C=O) groups excluding carboxylic acids is 1. The Bertz CT molecular complexity index is 1040. The lowest BCUT2D eigenvalue weighted by molar-refractivity contribution is -0.0528. The summed E-state index contributed by atoms with van der Waals surface area (Å²) in [5, 5.41) is 2.76. The van der Waals surface area contributed by atoms with Crippen LogP contribution in [0.15, 0.2) is 47.4 Å². The van der Waals surface area contributed by atoms with E-state index < -0.39 is 20.2 Å². The van der Waals surface area contributed by atoms with Gasteiger partial charge >= 0.3 is 5.69 Å². The van der Waals surface area contributed by atoms with Gasteiger partial charge in [0.2, 0.25) is 0 Å². The van der Waals surface area contributed by atoms with E-state index in [0.29, 0.717) is 24.5 Å². The fourth-order valence-electron chi connectivity index (χ4n) is 3.40. The highest BCUT2D eigenvalue weighted by atomic mass is 32.2. The Balaban J connectivity index is 1.70. The smallest absolute Gasteiger partial charge is 0.351 e. The first-order valence-electron chi connectivity index (χ1n) is 12.0. The van der Waals surface area contributed by atoms with Crippen molar-refractivity contribution in [2.24, 2.45) is 0 Å². The molecular weight excluding hydrogens is 482 g/mol. The molecule has 1 amide bonds. The van der Waals surface area contributed by atoms with Crippen LogP contribution in [-0.2, 0) is 13.9 Å². The molecule has 1 fully saturated rings. The summed E-state index contributed by atoms with van der Waals surface area (Å²) in [6.45, 7) is 13.5. The molecule has 3 atom stereocenters. The Morgan fingerprint density at radius 1 is 1.26 bits per heavy atom. The second kappa shape index (κ2) is 11.8. The van der Waals surface area contributed by atoms with E-state index in [1.54, 1.807) is 48.3 Å². The highest BCUT2D eigenvalue weighted by molar-refractivity contribution is 7.99. The fraction of sp³-hybridized carbons (Fsp3) is 0.560. The van der Waals surface area contributed by atoms with Gasteiger partial charge in [-0.3, -0.25) is 9.36 Å². The molecule has 0 saturated carbocycles. The second-order valence-corrected chi connectivity index (χ2v) is 16.1. The molecule has 8 nitrogen and oxygen atoms in total. The number of anilines is 1. The van der Waals surface area contributed by atoms with Gasteiger partial charge in [0.05, 0.1) is 18.6 Å². The Kier molecular flexibility index (Phi) is 9.33. The number of carbonyl (C=O) groups is 1. The molecule has 2 heterocycles. The molecule has 1 saturated heterocycles. The van der Waals surface area contributed by atoms with Gasteiger partial charge in [-0.25, -0.2) is 4.79 Å². The van der Waals surface area contributed by atoms with Crippen LogP contribution in [-0.4, -0.2) is 54.3 Å². The summed E-state index contributed by atoms with van der Waals surface area (Å²) in [7, 11) is -1.97. The van der Waals surface area contributed by atoms with Gasteiger partial charge in [0.25, 0.3) is 5.91 Å². The maximum absolute atomic E-state index is 12.8. The minimum Gasteiger partial charge on any atom is -0.414 e. The van der Waals surface area contributed by atoms with E-state index in [2.05, 4.69) is 51.1 Å². The molecule has 35 heavy (non-hydrogen) atoms. The molecule has 0 spiro atoms. The van der Waals surface area contributed by atoms with Crippen LogP contribution in [0, 0.1) is 0 Å². The number of thioether (sulfide) groups is 1. The zero-order valence-electron chi connectivity index (χ0n) is 21.4. The molecule has 10 heteroatoms. The van der Waals surface area contributed by atoms with Crippen LogP contribution in [0.1, 0.15) is 50.7 Å². The first kappa shape index (κ1) is 27.6. The molecule has 1 aromatic heterocycles. The van der Waals surface area contributed by atoms with Gasteiger partial charge in [0.1, 0.15) is 18.1 Å². The van der Waals surface area contributed by atoms with Gasteiger partial charge in [-0.05, 0) is 42.1 Å². The fourth-order valence-corrected chi connectivity index (χ4v) is 4.85. The third-order valence-corrected chi connectivity index (χ3v) is 11.8. The number of nitrogens with zero attached hydrogens (tertiary/aromatic N) is 2. The topological polar surface area (TPSA) is 91.7 Å². The summed E-state index contributed by atoms with van der Waals surface area (Å²) in [6.07, 6.45) is 1.14. The molecule has 0 bridgehead atoms. The molecule has 1 aliphatic rings. The first-order valence-corrected chi connectivity index (χ1v) is 16.0. The summed E-state index contributed by atoms with van der Waals surface area (Å²) in [5.74, 6) is 1.40. The van der Waals surface area contributed by atoms with E-state index in [0.717, 1.165) is 5.75 Å². The lowest BCUT2D eigenvalue weighted by Gasteiger charge is -2.37. The lowest BCUT2D eigenvalue weighted by atomic mass is 10.2. The summed E-state index contributed by atoms with van der Waals surface area (Å²) in [6, 6.07) is 10.4. The minimum atomic E-state index is -1.97. The van der Waals surface area contributed by atoms with Gasteiger partial charge in [-0.1, -0.05) is 45.9 Å². The second-order valence-electron chi connectivity index (χ2n) is 10.1. The van der Waals surface area contributed by atoms with Gasteiger partial charge < -0.3 is 19.2 Å². The molecule has 0 radical (unpaired) electrons. The first-order chi connectivity index (χ1) is 16.5. The minimum absolute atomic E-state index is 0.0836. The number of nitrogens with one attached hydrogen (secondary N) is 1. The van der Waals surface area contributed by atoms with Crippen molar-refractivity contribution < 1.29 is 18.7 Å². The van der Waals surface area contributed by atoms with Crippen molar-refractivity contribution in [2.75, 3.05) is 23.6 Å². The maximum atomic E-state index is 12.8. The highest BCUT2D eigenvalue weighted by Gasteiger charge is 2.42. The Labute approximate surface area is 212 Å². The van der Waals surface area contributed by atoms with Crippen LogP contribution in [0.3, 0.4) is 0 Å². The van der Waals surface area contributed by atoms with Crippen molar-refractivity contribution in [2.45, 2.75) is 70.7 Å². The van der Waals surface area contributed by atoms with Crippen molar-refractivity contribution in [3.8, 4) is 0 Å². The quantitative estimate of drug-likeness (QED) is 0.271. The summed E-state index contributed by atoms with van der Waals surface area (Å²) in [4.78, 5) is 29.3. The van der Waals surface area contributed by atoms with Gasteiger partial charge in [-0.2, -0.15) is 4.98 Å². The lowest BCUT2D eigenvalue weighted by Crippen LogP contribution is -2.44. The van der Waals surface area contributed by atoms with E-state index in [1.807, 2.05) is 6.07 Å². The predicted octanol–water partition coefficient (Wildman–Crippen LogP) is 4.90. The summed E-state index contributed by atoms with van der Waals surface area (Å²) in [5.41, 5.74) is 0.000581. The van der Waals surface area contributed by atoms with Crippen LogP contribution in [0.5, 0.6) is 0 Å². The summed E-state index contributed by atoms with van der Waals surface area (Å²) >= 11 is 1.70. The Morgan fingerprint density at radius 2 is 1.97 bits per heavy atom. The van der Waals surface area contributed by atoms with E-state index in [9.17, 15) is 9.59 Å². The van der Waals surface area contributed by atoms with Gasteiger partial charge in [-0.15, -0.1) is 11.8 Å². The van der Waals surface area contributed by atoms with Crippen LogP contribution >= 0.6 is 11.8 Å². The standard InChI is InChI=1S/C25H37N3O5SSi/c1-7-34-17-31-19-15-22(33-20(19)16-32-35(5,6)25(2,3)4)28-14-13-21(27-24(28)30)26-23(29)18-11-9-8-10-12-18/h8-14,19-20,22H,7,15-17H2,1-6H3,(H,26,27,29,30)/t19-,20+,22+/m0/s1. The van der Waals surface area contributed by atoms with Gasteiger partial charge in [0, 0.05) is 18.2 Å². The van der Waals surface area contributed by atoms with Gasteiger partial charge in [0.15, 0.2) is 8.32 Å². The monoisotopic (exact) mass is 519 g/mol. The van der Waals surface area contributed by atoms with Crippen molar-refractivity contribution in [1.29, 1.82) is 0 Å². The Morgan fingerprint density at radius 3 is 2.60 bits per heavy atom. The number of aromatic nitrogens is 2. The maximum Gasteiger partial charge on any atom is 0.351 e. The van der Waals surface area contributed by atoms with Crippen LogP contribution in [0.25, 0.3) is 0 Å². The van der Waals surface area contributed by atoms with Crippen LogP contribution in [0.4, 0.5) is 5.82 Å². The largest absolute Gasteiger partial charge is 0.414 e. The predicted molar refractivity (Wildman–Crippen MR) is 142 cm³/mol. The molecule has 0 aliphatic carbocycles. The average molecular weight is 520 g/mol. The third-order valence-electron chi connectivity index (χ3n) is 6.58. The molecule has 192 valence electrons. The molecule has 1 aliphatic heterocycles. The van der Waals surface area contributed by atoms with Crippen molar-refractivity contribution in [1.82, 2.24) is 9.55 Å². The third kappa shape index (κ3) is 7.26. The van der Waals surface area contributed by atoms with Crippen LogP contribution < -0.4 is 11.0 Å². The van der Waals surface area contributed by atoms with Crippen LogP contribution in [0.2, 0.25) is 18.1 Å². The number of rotatable bonds is 10. The normalized spacial score (nSPS) is 20.7. The highest BCUT2D eigenvalue weighted by Crippen LogP contribution is 2.38. The van der Waals surface area contributed by atoms with Crippen molar-refractivity contribution >= 4 is 31.8 Å². The molecule has 2 aromatic rings. The molecule has 1 aromatic carbocycles. The molecule has 0 unspecified atom stereocenters. The summed E-state index contributed by atoms with van der Waals surface area (Å²) < 4.78 is 20.2. The number of amides is 1. The molecule has 1 N–H and O–H groups in total. The van der Waals surface area contributed by atoms with E-state index in [1.165, 1.54) is 4.57 Å². The van der Waals surface area contributed by atoms with E-state index in [4.69, 9.17) is 13.9 Å². The Hall–Kier alpha value is -1.98. The number of benzene rings is 1. The number of hydrogen-bond acceptors (Lipinski definition) is 7. The zero-order chi connectivity index (χ0) is 25.6. The van der Waals surface area contributed by atoms with E-state index in [-0.39, 0.29) is 29.0 Å². The van der Waals surface area contributed by atoms with Crippen molar-refractivity contribution in [3.05, 3.63) is 58.6 Å². The SMILES string of the molecule is CCSCO[C@H]1C[C@H](n2ccc(NC(=O)c3ccccc3)nc2=O)O[C@@H]1CO[Si](C)(C)C(C)(C)C.